The molecule has 10 heteroatoms. The number of hydrogen-bond donors (Lipinski definition) is 3. The van der Waals surface area contributed by atoms with Gasteiger partial charge >= 0.3 is 0 Å². The zero-order chi connectivity index (χ0) is 22.3. The molecule has 32 heavy (non-hydrogen) atoms. The van der Waals surface area contributed by atoms with Crippen LogP contribution in [0, 0.1) is 6.92 Å². The van der Waals surface area contributed by atoms with Crippen LogP contribution in [0.15, 0.2) is 78.1 Å². The van der Waals surface area contributed by atoms with Crippen molar-refractivity contribution in [3.05, 3.63) is 89.2 Å². The van der Waals surface area contributed by atoms with Gasteiger partial charge in [0.05, 0.1) is 0 Å². The Morgan fingerprint density at radius 2 is 1.59 bits per heavy atom. The van der Waals surface area contributed by atoms with E-state index in [9.17, 15) is 9.59 Å². The Labute approximate surface area is 183 Å². The van der Waals surface area contributed by atoms with Crippen molar-refractivity contribution >= 4 is 34.7 Å². The van der Waals surface area contributed by atoms with Crippen molar-refractivity contribution in [2.45, 2.75) is 13.5 Å². The Morgan fingerprint density at radius 1 is 0.875 bits per heavy atom. The van der Waals surface area contributed by atoms with Gasteiger partial charge in [-0.15, -0.1) is 0 Å². The topological polar surface area (TPSA) is 127 Å². The number of benzene rings is 1. The molecule has 0 aliphatic rings. The molecule has 0 atom stereocenters. The fourth-order valence-electron chi connectivity index (χ4n) is 2.86. The first-order chi connectivity index (χ1) is 15.5. The largest absolute Gasteiger partial charge is 0.340 e. The minimum atomic E-state index is -0.345. The van der Waals surface area contributed by atoms with Crippen molar-refractivity contribution in [1.82, 2.24) is 24.7 Å². The first-order valence-electron chi connectivity index (χ1n) is 9.76. The van der Waals surface area contributed by atoms with Gasteiger partial charge in [0, 0.05) is 35.9 Å². The summed E-state index contributed by atoms with van der Waals surface area (Å²) in [5.74, 6) is 1.56. The first-order valence-corrected chi connectivity index (χ1v) is 9.76. The highest BCUT2D eigenvalue weighted by molar-refractivity contribution is 5.90. The van der Waals surface area contributed by atoms with Crippen LogP contribution >= 0.6 is 0 Å². The second-order valence-electron chi connectivity index (χ2n) is 6.90. The lowest BCUT2D eigenvalue weighted by molar-refractivity contribution is -0.117. The maximum Gasteiger partial charge on any atom is 0.267 e. The summed E-state index contributed by atoms with van der Waals surface area (Å²) in [6, 6.07) is 15.6. The lowest BCUT2D eigenvalue weighted by Gasteiger charge is -2.10. The number of anilines is 5. The van der Waals surface area contributed by atoms with Gasteiger partial charge in [-0.1, -0.05) is 0 Å². The van der Waals surface area contributed by atoms with Gasteiger partial charge in [-0.25, -0.2) is 19.6 Å². The Morgan fingerprint density at radius 3 is 2.34 bits per heavy atom. The molecule has 4 rings (SSSR count). The maximum atomic E-state index is 12.2. The third-order valence-corrected chi connectivity index (χ3v) is 4.36. The average Bonchev–Trinajstić information content (AvgIpc) is 2.77. The molecule has 3 heterocycles. The first kappa shape index (κ1) is 20.7. The van der Waals surface area contributed by atoms with Gasteiger partial charge < -0.3 is 16.0 Å². The standard InChI is InChI=1S/C22H20N8O2/c1-15-8-10-23-18(11-15)29-20-12-19(24-14-25-20)27-16-4-6-17(7-5-16)28-21(31)13-30-22(32)3-2-9-26-30/h2-12,14H,13H2,1H3,(H,28,31)(H2,23,24,25,27,29). The number of carbonyl (C=O) groups excluding carboxylic acids is 1. The SMILES string of the molecule is Cc1ccnc(Nc2cc(Nc3ccc(NC(=O)Cn4ncccc4=O)cc3)ncn2)c1. The van der Waals surface area contributed by atoms with Gasteiger partial charge in [-0.3, -0.25) is 9.59 Å². The normalized spacial score (nSPS) is 10.4. The summed E-state index contributed by atoms with van der Waals surface area (Å²) in [5, 5.41) is 12.9. The summed E-state index contributed by atoms with van der Waals surface area (Å²) >= 11 is 0. The summed E-state index contributed by atoms with van der Waals surface area (Å²) in [4.78, 5) is 36.5. The number of nitrogens with zero attached hydrogens (tertiary/aromatic N) is 5. The third kappa shape index (κ3) is 5.51. The van der Waals surface area contributed by atoms with Crippen LogP contribution in [-0.2, 0) is 11.3 Å². The number of aryl methyl sites for hydroxylation is 1. The Kier molecular flexibility index (Phi) is 6.12. The molecular formula is C22H20N8O2. The van der Waals surface area contributed by atoms with Crippen molar-refractivity contribution in [1.29, 1.82) is 0 Å². The number of nitrogens with one attached hydrogen (secondary N) is 3. The quantitative estimate of drug-likeness (QED) is 0.410. The van der Waals surface area contributed by atoms with Crippen molar-refractivity contribution in [2.75, 3.05) is 16.0 Å². The van der Waals surface area contributed by atoms with Gasteiger partial charge in [-0.2, -0.15) is 5.10 Å². The number of amides is 1. The molecule has 0 aliphatic heterocycles. The van der Waals surface area contributed by atoms with Gasteiger partial charge in [0.1, 0.15) is 30.3 Å². The van der Waals surface area contributed by atoms with Crippen molar-refractivity contribution in [2.24, 2.45) is 0 Å². The molecule has 0 fully saturated rings. The summed E-state index contributed by atoms with van der Waals surface area (Å²) < 4.78 is 1.10. The fraction of sp³-hybridized carbons (Fsp3) is 0.0909. The van der Waals surface area contributed by atoms with Gasteiger partial charge in [0.25, 0.3) is 5.56 Å². The predicted octanol–water partition coefficient (Wildman–Crippen LogP) is 2.86. The molecule has 0 unspecified atom stereocenters. The Hall–Kier alpha value is -4.60. The molecule has 0 spiro atoms. The van der Waals surface area contributed by atoms with E-state index >= 15 is 0 Å². The van der Waals surface area contributed by atoms with Crippen LogP contribution in [0.3, 0.4) is 0 Å². The lowest BCUT2D eigenvalue weighted by Crippen LogP contribution is -2.28. The zero-order valence-electron chi connectivity index (χ0n) is 17.2. The molecule has 10 nitrogen and oxygen atoms in total. The molecule has 0 aliphatic carbocycles. The van der Waals surface area contributed by atoms with Crippen LogP contribution in [0.4, 0.5) is 28.8 Å². The molecule has 1 aromatic carbocycles. The van der Waals surface area contributed by atoms with E-state index in [0.29, 0.717) is 23.1 Å². The fourth-order valence-corrected chi connectivity index (χ4v) is 2.86. The van der Waals surface area contributed by atoms with Crippen molar-refractivity contribution in [3.8, 4) is 0 Å². The smallest absolute Gasteiger partial charge is 0.267 e. The number of aromatic nitrogens is 5. The van der Waals surface area contributed by atoms with Gasteiger partial charge in [0.2, 0.25) is 5.91 Å². The highest BCUT2D eigenvalue weighted by atomic mass is 16.2. The molecule has 3 N–H and O–H groups in total. The molecule has 0 saturated heterocycles. The van der Waals surface area contributed by atoms with Crippen LogP contribution < -0.4 is 21.5 Å². The van der Waals surface area contributed by atoms with Gasteiger partial charge in [-0.05, 0) is 55.0 Å². The van der Waals surface area contributed by atoms with Crippen LogP contribution in [0.2, 0.25) is 0 Å². The third-order valence-electron chi connectivity index (χ3n) is 4.36. The zero-order valence-corrected chi connectivity index (χ0v) is 17.2. The molecule has 4 aromatic rings. The van der Waals surface area contributed by atoms with E-state index in [1.807, 2.05) is 19.1 Å². The van der Waals surface area contributed by atoms with E-state index < -0.39 is 0 Å². The molecule has 0 saturated carbocycles. The number of rotatable bonds is 7. The molecule has 1 amide bonds. The monoisotopic (exact) mass is 428 g/mol. The Balaban J connectivity index is 1.37. The minimum Gasteiger partial charge on any atom is -0.340 e. The Bertz CT molecular complexity index is 1290. The minimum absolute atomic E-state index is 0.161. The highest BCUT2D eigenvalue weighted by Gasteiger charge is 2.06. The summed E-state index contributed by atoms with van der Waals surface area (Å²) in [5.41, 5.74) is 2.13. The predicted molar refractivity (Wildman–Crippen MR) is 121 cm³/mol. The summed E-state index contributed by atoms with van der Waals surface area (Å²) in [6.45, 7) is 1.83. The molecular weight excluding hydrogens is 408 g/mol. The van der Waals surface area contributed by atoms with Crippen LogP contribution in [0.1, 0.15) is 5.56 Å². The number of pyridine rings is 1. The lowest BCUT2D eigenvalue weighted by atomic mass is 10.2. The second kappa shape index (κ2) is 9.47. The summed E-state index contributed by atoms with van der Waals surface area (Å²) in [6.07, 6.45) is 4.64. The number of hydrogen-bond acceptors (Lipinski definition) is 8. The molecule has 0 bridgehead atoms. The van der Waals surface area contributed by atoms with Gasteiger partial charge in [0.15, 0.2) is 0 Å². The maximum absolute atomic E-state index is 12.2. The average molecular weight is 428 g/mol. The summed E-state index contributed by atoms with van der Waals surface area (Å²) in [7, 11) is 0. The van der Waals surface area contributed by atoms with Crippen LogP contribution in [0.25, 0.3) is 0 Å². The van der Waals surface area contributed by atoms with Crippen molar-refractivity contribution in [3.63, 3.8) is 0 Å². The van der Waals surface area contributed by atoms with E-state index in [1.54, 1.807) is 36.5 Å². The van der Waals surface area contributed by atoms with E-state index in [4.69, 9.17) is 0 Å². The van der Waals surface area contributed by atoms with E-state index in [1.165, 1.54) is 24.7 Å². The molecule has 0 radical (unpaired) electrons. The second-order valence-corrected chi connectivity index (χ2v) is 6.90. The van der Waals surface area contributed by atoms with E-state index in [0.717, 1.165) is 15.9 Å². The molecule has 3 aromatic heterocycles. The van der Waals surface area contributed by atoms with Crippen LogP contribution in [-0.4, -0.2) is 30.6 Å². The molecule has 160 valence electrons. The van der Waals surface area contributed by atoms with E-state index in [-0.39, 0.29) is 18.0 Å². The highest BCUT2D eigenvalue weighted by Crippen LogP contribution is 2.20. The van der Waals surface area contributed by atoms with Crippen molar-refractivity contribution < 1.29 is 4.79 Å². The van der Waals surface area contributed by atoms with Crippen LogP contribution in [0.5, 0.6) is 0 Å². The van der Waals surface area contributed by atoms with E-state index in [2.05, 4.69) is 36.0 Å². The number of carbonyl (C=O) groups is 1.